The summed E-state index contributed by atoms with van der Waals surface area (Å²) >= 11 is 0.676. The molecule has 156 valence electrons. The zero-order valence-electron chi connectivity index (χ0n) is 15.7. The van der Waals surface area contributed by atoms with E-state index in [0.29, 0.717) is 49.0 Å². The van der Waals surface area contributed by atoms with Gasteiger partial charge in [-0.25, -0.2) is 17.8 Å². The summed E-state index contributed by atoms with van der Waals surface area (Å²) in [6.07, 6.45) is 4.42. The third kappa shape index (κ3) is 5.45. The monoisotopic (exact) mass is 442 g/mol. The van der Waals surface area contributed by atoms with Crippen LogP contribution in [0, 0.1) is 16.9 Å². The van der Waals surface area contributed by atoms with Crippen molar-refractivity contribution < 1.29 is 26.8 Å². The first-order valence-electron chi connectivity index (χ1n) is 9.07. The first-order chi connectivity index (χ1) is 13.6. The van der Waals surface area contributed by atoms with Crippen LogP contribution in [-0.4, -0.2) is 31.3 Å². The number of hydrogen-bond donors (Lipinski definition) is 1. The van der Waals surface area contributed by atoms with Crippen LogP contribution in [0.5, 0.6) is 0 Å². The highest BCUT2D eigenvalue weighted by Gasteiger charge is 2.29. The van der Waals surface area contributed by atoms with E-state index in [1.807, 2.05) is 0 Å². The lowest BCUT2D eigenvalue weighted by Gasteiger charge is -2.26. The first kappa shape index (κ1) is 21.5. The van der Waals surface area contributed by atoms with Crippen molar-refractivity contribution >= 4 is 38.0 Å². The Morgan fingerprint density at radius 3 is 2.55 bits per heavy atom. The van der Waals surface area contributed by atoms with E-state index in [9.17, 15) is 26.8 Å². The number of aromatic nitrogens is 1. The minimum absolute atomic E-state index is 0.0875. The number of nitrogens with zero attached hydrogens (tertiary/aromatic N) is 1. The van der Waals surface area contributed by atoms with Crippen molar-refractivity contribution in [1.29, 1.82) is 0 Å². The van der Waals surface area contributed by atoms with Gasteiger partial charge in [-0.1, -0.05) is 17.4 Å². The van der Waals surface area contributed by atoms with Crippen molar-refractivity contribution in [3.63, 3.8) is 0 Å². The van der Waals surface area contributed by atoms with E-state index in [4.69, 9.17) is 0 Å². The Kier molecular flexibility index (Phi) is 6.42. The second-order valence-corrected chi connectivity index (χ2v) is 10.2. The number of ketones is 1. The van der Waals surface area contributed by atoms with Gasteiger partial charge in [0.25, 0.3) is 0 Å². The number of hydrogen-bond acceptors (Lipinski definition) is 6. The quantitative estimate of drug-likeness (QED) is 0.736. The molecule has 3 rings (SSSR count). The van der Waals surface area contributed by atoms with Crippen LogP contribution in [0.2, 0.25) is 0 Å². The Hall–Kier alpha value is -2.20. The molecule has 0 radical (unpaired) electrons. The van der Waals surface area contributed by atoms with Crippen LogP contribution in [-0.2, 0) is 19.4 Å². The Balaban J connectivity index is 1.88. The SMILES string of the molecule is CS(=O)(=O)c1ccc([C@@H](CC2CCC(=O)CC2)C(=O)Nc2ncc(F)s2)cc1F. The average Bonchev–Trinajstić information content (AvgIpc) is 3.04. The molecule has 1 heterocycles. The number of halogens is 2. The summed E-state index contributed by atoms with van der Waals surface area (Å²) in [5.74, 6) is -1.92. The molecule has 2 aromatic rings. The third-order valence-corrected chi connectivity index (χ3v) is 6.85. The molecule has 29 heavy (non-hydrogen) atoms. The maximum atomic E-state index is 14.4. The summed E-state index contributed by atoms with van der Waals surface area (Å²) in [4.78, 5) is 27.7. The Morgan fingerprint density at radius 1 is 1.31 bits per heavy atom. The van der Waals surface area contributed by atoms with E-state index in [1.54, 1.807) is 0 Å². The molecule has 0 saturated heterocycles. The summed E-state index contributed by atoms with van der Waals surface area (Å²) in [5.41, 5.74) is 0.321. The van der Waals surface area contributed by atoms with Gasteiger partial charge in [0.1, 0.15) is 16.5 Å². The molecule has 1 amide bonds. The van der Waals surface area contributed by atoms with Crippen molar-refractivity contribution in [3.8, 4) is 0 Å². The smallest absolute Gasteiger partial charge is 0.233 e. The van der Waals surface area contributed by atoms with Crippen LogP contribution in [0.4, 0.5) is 13.9 Å². The number of nitrogens with one attached hydrogen (secondary N) is 1. The Morgan fingerprint density at radius 2 is 2.00 bits per heavy atom. The predicted octanol–water partition coefficient (Wildman–Crippen LogP) is 3.70. The fourth-order valence-electron chi connectivity index (χ4n) is 3.50. The summed E-state index contributed by atoms with van der Waals surface area (Å²) in [5, 5.41) is 2.08. The van der Waals surface area contributed by atoms with Crippen LogP contribution in [0.25, 0.3) is 0 Å². The van der Waals surface area contributed by atoms with Crippen molar-refractivity contribution in [3.05, 3.63) is 40.9 Å². The average molecular weight is 443 g/mol. The molecule has 0 bridgehead atoms. The summed E-state index contributed by atoms with van der Waals surface area (Å²) in [6.45, 7) is 0. The fraction of sp³-hybridized carbons (Fsp3) is 0.421. The molecule has 1 fully saturated rings. The highest BCUT2D eigenvalue weighted by Crippen LogP contribution is 2.34. The molecule has 1 aromatic carbocycles. The van der Waals surface area contributed by atoms with Crippen molar-refractivity contribution in [2.75, 3.05) is 11.6 Å². The Labute approximate surface area is 171 Å². The molecule has 1 aliphatic rings. The third-order valence-electron chi connectivity index (χ3n) is 5.01. The topological polar surface area (TPSA) is 93.2 Å². The zero-order chi connectivity index (χ0) is 21.2. The summed E-state index contributed by atoms with van der Waals surface area (Å²) < 4.78 is 50.9. The molecular formula is C19H20F2N2O4S2. The summed E-state index contributed by atoms with van der Waals surface area (Å²) in [6, 6.07) is 3.62. The molecule has 1 atom stereocenters. The van der Waals surface area contributed by atoms with Crippen molar-refractivity contribution in [2.45, 2.75) is 42.9 Å². The minimum atomic E-state index is -3.74. The lowest BCUT2D eigenvalue weighted by Crippen LogP contribution is -2.25. The number of rotatable bonds is 6. The number of benzene rings is 1. The molecule has 0 spiro atoms. The van der Waals surface area contributed by atoms with Crippen LogP contribution in [0.1, 0.15) is 43.6 Å². The van der Waals surface area contributed by atoms with E-state index in [2.05, 4.69) is 10.3 Å². The molecular weight excluding hydrogens is 422 g/mol. The predicted molar refractivity (Wildman–Crippen MR) is 105 cm³/mol. The van der Waals surface area contributed by atoms with Gasteiger partial charge in [-0.05, 0) is 42.9 Å². The molecule has 1 aliphatic carbocycles. The maximum Gasteiger partial charge on any atom is 0.233 e. The first-order valence-corrected chi connectivity index (χ1v) is 11.8. The number of anilines is 1. The van der Waals surface area contributed by atoms with Crippen LogP contribution < -0.4 is 5.32 Å². The van der Waals surface area contributed by atoms with Gasteiger partial charge in [0, 0.05) is 19.1 Å². The van der Waals surface area contributed by atoms with Gasteiger partial charge in [0.2, 0.25) is 5.91 Å². The molecule has 1 N–H and O–H groups in total. The van der Waals surface area contributed by atoms with E-state index < -0.39 is 37.5 Å². The largest absolute Gasteiger partial charge is 0.301 e. The van der Waals surface area contributed by atoms with E-state index >= 15 is 0 Å². The second kappa shape index (κ2) is 8.66. The number of carbonyl (C=O) groups excluding carboxylic acids is 2. The minimum Gasteiger partial charge on any atom is -0.301 e. The van der Waals surface area contributed by atoms with Crippen LogP contribution in [0.3, 0.4) is 0 Å². The van der Waals surface area contributed by atoms with E-state index in [-0.39, 0.29) is 16.8 Å². The van der Waals surface area contributed by atoms with E-state index in [0.717, 1.165) is 24.6 Å². The van der Waals surface area contributed by atoms with E-state index in [1.165, 1.54) is 6.07 Å². The fourth-order valence-corrected chi connectivity index (χ4v) is 4.78. The van der Waals surface area contributed by atoms with Gasteiger partial charge in [-0.15, -0.1) is 0 Å². The standard InChI is InChI=1S/C19H20F2N2O4S2/c1-29(26,27)16-7-4-12(9-15(16)20)14(8-11-2-5-13(24)6-3-11)18(25)23-19-22-10-17(21)28-19/h4,7,9-11,14H,2-3,5-6,8H2,1H3,(H,22,23,25)/t14-/m1/s1. The van der Waals surface area contributed by atoms with Crippen LogP contribution >= 0.6 is 11.3 Å². The molecule has 6 nitrogen and oxygen atoms in total. The van der Waals surface area contributed by atoms with Gasteiger partial charge in [0.05, 0.1) is 12.1 Å². The lowest BCUT2D eigenvalue weighted by molar-refractivity contribution is -0.121. The lowest BCUT2D eigenvalue weighted by atomic mass is 9.80. The second-order valence-electron chi connectivity index (χ2n) is 7.19. The zero-order valence-corrected chi connectivity index (χ0v) is 17.3. The number of thiazole rings is 1. The Bertz CT molecular complexity index is 1030. The molecule has 0 aliphatic heterocycles. The molecule has 1 aromatic heterocycles. The van der Waals surface area contributed by atoms with Gasteiger partial charge in [-0.3, -0.25) is 9.59 Å². The van der Waals surface area contributed by atoms with Gasteiger partial charge in [0.15, 0.2) is 20.1 Å². The normalized spacial score (nSPS) is 16.6. The number of carbonyl (C=O) groups is 2. The van der Waals surface area contributed by atoms with Gasteiger partial charge < -0.3 is 5.32 Å². The van der Waals surface area contributed by atoms with Gasteiger partial charge >= 0.3 is 0 Å². The number of sulfone groups is 1. The molecule has 0 unspecified atom stereocenters. The highest BCUT2D eigenvalue weighted by atomic mass is 32.2. The van der Waals surface area contributed by atoms with Crippen molar-refractivity contribution in [1.82, 2.24) is 4.98 Å². The van der Waals surface area contributed by atoms with Crippen molar-refractivity contribution in [2.24, 2.45) is 5.92 Å². The molecule has 1 saturated carbocycles. The molecule has 10 heteroatoms. The summed E-state index contributed by atoms with van der Waals surface area (Å²) in [7, 11) is -3.74. The number of Topliss-reactive ketones (excluding diaryl/α,β-unsaturated/α-hetero) is 1. The van der Waals surface area contributed by atoms with Crippen LogP contribution in [0.15, 0.2) is 29.3 Å². The number of amides is 1. The maximum absolute atomic E-state index is 14.4. The van der Waals surface area contributed by atoms with Gasteiger partial charge in [-0.2, -0.15) is 4.39 Å². The highest BCUT2D eigenvalue weighted by molar-refractivity contribution is 7.90.